The van der Waals surface area contributed by atoms with Crippen LogP contribution in [-0.2, 0) is 4.79 Å². The molecule has 0 aliphatic rings. The number of hydrogen-bond acceptors (Lipinski definition) is 2. The molecule has 0 aromatic heterocycles. The zero-order valence-electron chi connectivity index (χ0n) is 13.9. The summed E-state index contributed by atoms with van der Waals surface area (Å²) in [6.07, 6.45) is 4.38. The normalized spacial score (nSPS) is 12.1. The van der Waals surface area contributed by atoms with Gasteiger partial charge in [-0.15, -0.1) is 0 Å². The van der Waals surface area contributed by atoms with Crippen LogP contribution in [-0.4, -0.2) is 13.0 Å². The highest BCUT2D eigenvalue weighted by molar-refractivity contribution is 6.02. The average Bonchev–Trinajstić information content (AvgIpc) is 2.60. The second kappa shape index (κ2) is 8.18. The first kappa shape index (κ1) is 16.8. The first-order valence-corrected chi connectivity index (χ1v) is 7.86. The minimum Gasteiger partial charge on any atom is -0.497 e. The van der Waals surface area contributed by atoms with Crippen LogP contribution in [0.5, 0.6) is 5.75 Å². The Balaban J connectivity index is 2.06. The number of methoxy groups -OCH3 is 1. The van der Waals surface area contributed by atoms with E-state index in [9.17, 15) is 4.79 Å². The summed E-state index contributed by atoms with van der Waals surface area (Å²) >= 11 is 0. The van der Waals surface area contributed by atoms with E-state index in [4.69, 9.17) is 4.74 Å². The Morgan fingerprint density at radius 2 is 1.87 bits per heavy atom. The molecule has 0 heterocycles. The van der Waals surface area contributed by atoms with Gasteiger partial charge in [-0.05, 0) is 47.7 Å². The highest BCUT2D eigenvalue weighted by atomic mass is 16.5. The van der Waals surface area contributed by atoms with Crippen LogP contribution in [0.15, 0.2) is 54.6 Å². The average molecular weight is 309 g/mol. The lowest BCUT2D eigenvalue weighted by Crippen LogP contribution is -2.10. The summed E-state index contributed by atoms with van der Waals surface area (Å²) in [7, 11) is 1.63. The van der Waals surface area contributed by atoms with E-state index in [2.05, 4.69) is 25.2 Å². The number of carbonyl (C=O) groups excluding carboxylic acids is 1. The lowest BCUT2D eigenvalue weighted by Gasteiger charge is -2.14. The zero-order valence-corrected chi connectivity index (χ0v) is 13.9. The molecule has 23 heavy (non-hydrogen) atoms. The highest BCUT2D eigenvalue weighted by Gasteiger charge is 2.09. The molecule has 2 aromatic carbocycles. The molecule has 0 aliphatic heterocycles. The smallest absolute Gasteiger partial charge is 0.248 e. The van der Waals surface area contributed by atoms with Crippen LogP contribution >= 0.6 is 0 Å². The predicted molar refractivity (Wildman–Crippen MR) is 95.8 cm³/mol. The van der Waals surface area contributed by atoms with Crippen molar-refractivity contribution in [2.45, 2.75) is 26.2 Å². The Bertz CT molecular complexity index is 674. The largest absolute Gasteiger partial charge is 0.497 e. The van der Waals surface area contributed by atoms with E-state index in [-0.39, 0.29) is 5.91 Å². The van der Waals surface area contributed by atoms with Crippen LogP contribution in [0.4, 0.5) is 5.69 Å². The molecule has 0 saturated heterocycles. The van der Waals surface area contributed by atoms with Crippen molar-refractivity contribution in [1.82, 2.24) is 0 Å². The van der Waals surface area contributed by atoms with Crippen LogP contribution in [0, 0.1) is 0 Å². The van der Waals surface area contributed by atoms with Gasteiger partial charge in [0.2, 0.25) is 5.91 Å². The number of para-hydroxylation sites is 1. The monoisotopic (exact) mass is 309 g/mol. The maximum Gasteiger partial charge on any atom is 0.248 e. The van der Waals surface area contributed by atoms with Gasteiger partial charge in [0.25, 0.3) is 0 Å². The van der Waals surface area contributed by atoms with Gasteiger partial charge in [-0.25, -0.2) is 0 Å². The Kier molecular flexibility index (Phi) is 5.98. The Labute approximate surface area is 138 Å². The van der Waals surface area contributed by atoms with Crippen molar-refractivity contribution in [3.63, 3.8) is 0 Å². The summed E-state index contributed by atoms with van der Waals surface area (Å²) in [4.78, 5) is 12.1. The first-order chi connectivity index (χ1) is 11.1. The van der Waals surface area contributed by atoms with E-state index in [0.717, 1.165) is 23.4 Å². The minimum absolute atomic E-state index is 0.128. The summed E-state index contributed by atoms with van der Waals surface area (Å²) < 4.78 is 5.12. The topological polar surface area (TPSA) is 38.3 Å². The molecule has 0 unspecified atom stereocenters. The minimum atomic E-state index is -0.128. The highest BCUT2D eigenvalue weighted by Crippen LogP contribution is 2.26. The summed E-state index contributed by atoms with van der Waals surface area (Å²) in [5, 5.41) is 2.97. The van der Waals surface area contributed by atoms with Gasteiger partial charge in [0.05, 0.1) is 7.11 Å². The second-order valence-corrected chi connectivity index (χ2v) is 5.49. The number of amides is 1. The van der Waals surface area contributed by atoms with Crippen LogP contribution in [0.1, 0.15) is 37.3 Å². The summed E-state index contributed by atoms with van der Waals surface area (Å²) in [5.74, 6) is 1.09. The van der Waals surface area contributed by atoms with Gasteiger partial charge in [0.1, 0.15) is 5.75 Å². The second-order valence-electron chi connectivity index (χ2n) is 5.49. The molecule has 2 rings (SSSR count). The van der Waals surface area contributed by atoms with Crippen LogP contribution in [0.2, 0.25) is 0 Å². The number of nitrogens with one attached hydrogen (secondary N) is 1. The molecule has 1 amide bonds. The predicted octanol–water partition coefficient (Wildman–Crippen LogP) is 4.86. The van der Waals surface area contributed by atoms with Gasteiger partial charge in [0, 0.05) is 11.8 Å². The third kappa shape index (κ3) is 4.71. The van der Waals surface area contributed by atoms with E-state index in [1.165, 1.54) is 5.56 Å². The fourth-order valence-electron chi connectivity index (χ4n) is 2.32. The molecule has 3 nitrogen and oxygen atoms in total. The zero-order chi connectivity index (χ0) is 16.7. The van der Waals surface area contributed by atoms with E-state index < -0.39 is 0 Å². The third-order valence-corrected chi connectivity index (χ3v) is 3.90. The third-order valence-electron chi connectivity index (χ3n) is 3.90. The number of hydrogen-bond donors (Lipinski definition) is 1. The molecular weight excluding hydrogens is 286 g/mol. The quantitative estimate of drug-likeness (QED) is 0.774. The Hall–Kier alpha value is -2.55. The van der Waals surface area contributed by atoms with Gasteiger partial charge in [-0.1, -0.05) is 44.2 Å². The summed E-state index contributed by atoms with van der Waals surface area (Å²) in [6.45, 7) is 4.31. The molecule has 1 N–H and O–H groups in total. The van der Waals surface area contributed by atoms with Gasteiger partial charge >= 0.3 is 0 Å². The van der Waals surface area contributed by atoms with E-state index in [1.807, 2.05) is 42.5 Å². The Morgan fingerprint density at radius 3 is 2.52 bits per heavy atom. The van der Waals surface area contributed by atoms with Gasteiger partial charge in [-0.2, -0.15) is 0 Å². The molecule has 0 bridgehead atoms. The molecule has 2 aromatic rings. The summed E-state index contributed by atoms with van der Waals surface area (Å²) in [6, 6.07) is 15.5. The molecule has 120 valence electrons. The van der Waals surface area contributed by atoms with E-state index in [1.54, 1.807) is 19.3 Å². The van der Waals surface area contributed by atoms with E-state index in [0.29, 0.717) is 5.92 Å². The standard InChI is InChI=1S/C20H23NO2/c1-4-15(2)18-7-5-6-8-19(18)21-20(22)14-11-16-9-12-17(23-3)13-10-16/h5-15H,4H2,1-3H3,(H,21,22)/b14-11+/t15-/m0/s1. The molecule has 3 heteroatoms. The molecule has 0 aliphatic carbocycles. The van der Waals surface area contributed by atoms with Crippen molar-refractivity contribution in [3.05, 3.63) is 65.7 Å². The fraction of sp³-hybridized carbons (Fsp3) is 0.250. The van der Waals surface area contributed by atoms with Crippen molar-refractivity contribution in [1.29, 1.82) is 0 Å². The molecule has 1 atom stereocenters. The van der Waals surface area contributed by atoms with Crippen molar-refractivity contribution < 1.29 is 9.53 Å². The van der Waals surface area contributed by atoms with Gasteiger partial charge < -0.3 is 10.1 Å². The number of rotatable bonds is 6. The molecular formula is C20H23NO2. The number of carbonyl (C=O) groups is 1. The number of ether oxygens (including phenoxy) is 1. The van der Waals surface area contributed by atoms with Crippen molar-refractivity contribution >= 4 is 17.7 Å². The van der Waals surface area contributed by atoms with Gasteiger partial charge in [0.15, 0.2) is 0 Å². The van der Waals surface area contributed by atoms with E-state index >= 15 is 0 Å². The fourth-order valence-corrected chi connectivity index (χ4v) is 2.32. The molecule has 0 fully saturated rings. The van der Waals surface area contributed by atoms with Crippen LogP contribution in [0.3, 0.4) is 0 Å². The maximum atomic E-state index is 12.1. The number of benzene rings is 2. The van der Waals surface area contributed by atoms with Crippen molar-refractivity contribution in [3.8, 4) is 5.75 Å². The van der Waals surface area contributed by atoms with Crippen LogP contribution < -0.4 is 10.1 Å². The summed E-state index contributed by atoms with van der Waals surface area (Å²) in [5.41, 5.74) is 3.00. The van der Waals surface area contributed by atoms with Crippen LogP contribution in [0.25, 0.3) is 6.08 Å². The van der Waals surface area contributed by atoms with Crippen molar-refractivity contribution in [2.24, 2.45) is 0 Å². The molecule has 0 radical (unpaired) electrons. The lowest BCUT2D eigenvalue weighted by molar-refractivity contribution is -0.111. The SMILES string of the molecule is CC[C@H](C)c1ccccc1NC(=O)/C=C/c1ccc(OC)cc1. The van der Waals surface area contributed by atoms with Gasteiger partial charge in [-0.3, -0.25) is 4.79 Å². The Morgan fingerprint density at radius 1 is 1.17 bits per heavy atom. The van der Waals surface area contributed by atoms with Crippen molar-refractivity contribution in [2.75, 3.05) is 12.4 Å². The number of anilines is 1. The lowest BCUT2D eigenvalue weighted by atomic mass is 9.97. The molecule has 0 spiro atoms. The maximum absolute atomic E-state index is 12.1. The molecule has 0 saturated carbocycles. The first-order valence-electron chi connectivity index (χ1n) is 7.86.